The van der Waals surface area contributed by atoms with Gasteiger partial charge in [-0.15, -0.1) is 0 Å². The summed E-state index contributed by atoms with van der Waals surface area (Å²) in [6.45, 7) is 0.833. The van der Waals surface area contributed by atoms with Crippen molar-refractivity contribution in [2.45, 2.75) is 13.6 Å². The predicted octanol–water partition coefficient (Wildman–Crippen LogP) is 3.77. The topological polar surface area (TPSA) is 57.7 Å². The zero-order chi connectivity index (χ0) is 17.9. The van der Waals surface area contributed by atoms with E-state index in [2.05, 4.69) is 4.98 Å². The number of benzene rings is 1. The van der Waals surface area contributed by atoms with E-state index in [4.69, 9.17) is 25.8 Å². The largest absolute Gasteiger partial charge is 0.493 e. The monoisotopic (exact) mass is 353 g/mol. The molecule has 1 heterocycles. The van der Waals surface area contributed by atoms with E-state index in [9.17, 15) is 9.18 Å². The molecule has 0 atom stereocenters. The zero-order valence-corrected chi connectivity index (χ0v) is 14.5. The zero-order valence-electron chi connectivity index (χ0n) is 13.8. The van der Waals surface area contributed by atoms with E-state index in [1.165, 1.54) is 27.5 Å². The highest BCUT2D eigenvalue weighted by molar-refractivity contribution is 6.32. The van der Waals surface area contributed by atoms with Crippen LogP contribution < -0.4 is 14.2 Å². The molecule has 128 valence electrons. The quantitative estimate of drug-likeness (QED) is 0.740. The predicted molar refractivity (Wildman–Crippen MR) is 88.3 cm³/mol. The SMILES string of the molecule is COc1cc(C)c(C(=O)c2c(OC)ncc(Cl)c2CF)cc1OC. The Morgan fingerprint density at radius 2 is 1.79 bits per heavy atom. The summed E-state index contributed by atoms with van der Waals surface area (Å²) >= 11 is 5.98. The maximum Gasteiger partial charge on any atom is 0.224 e. The highest BCUT2D eigenvalue weighted by atomic mass is 35.5. The third-order valence-corrected chi connectivity index (χ3v) is 3.95. The van der Waals surface area contributed by atoms with Crippen LogP contribution in [-0.2, 0) is 6.67 Å². The molecule has 0 radical (unpaired) electrons. The first kappa shape index (κ1) is 18.0. The van der Waals surface area contributed by atoms with Gasteiger partial charge in [-0.05, 0) is 24.6 Å². The lowest BCUT2D eigenvalue weighted by molar-refractivity contribution is 0.103. The number of aryl methyl sites for hydroxylation is 1. The number of pyridine rings is 1. The van der Waals surface area contributed by atoms with Crippen molar-refractivity contribution in [3.8, 4) is 17.4 Å². The molecule has 1 aromatic carbocycles. The Morgan fingerprint density at radius 3 is 2.33 bits per heavy atom. The van der Waals surface area contributed by atoms with Gasteiger partial charge in [0.05, 0.1) is 31.9 Å². The molecule has 5 nitrogen and oxygen atoms in total. The molecule has 0 saturated heterocycles. The lowest BCUT2D eigenvalue weighted by Gasteiger charge is -2.15. The van der Waals surface area contributed by atoms with Gasteiger partial charge in [0.1, 0.15) is 6.67 Å². The molecule has 0 fully saturated rings. The molecular formula is C17H17ClFNO4. The Balaban J connectivity index is 2.68. The number of nitrogens with zero attached hydrogens (tertiary/aromatic N) is 1. The molecule has 24 heavy (non-hydrogen) atoms. The van der Waals surface area contributed by atoms with E-state index in [0.717, 1.165) is 0 Å². The second-order valence-electron chi connectivity index (χ2n) is 4.95. The first-order chi connectivity index (χ1) is 11.5. The van der Waals surface area contributed by atoms with E-state index in [1.54, 1.807) is 19.1 Å². The van der Waals surface area contributed by atoms with Gasteiger partial charge in [-0.2, -0.15) is 0 Å². The van der Waals surface area contributed by atoms with Gasteiger partial charge in [0, 0.05) is 17.3 Å². The fourth-order valence-corrected chi connectivity index (χ4v) is 2.58. The van der Waals surface area contributed by atoms with Gasteiger partial charge in [-0.25, -0.2) is 9.37 Å². The number of aromatic nitrogens is 1. The number of alkyl halides is 1. The summed E-state index contributed by atoms with van der Waals surface area (Å²) in [6, 6.07) is 3.21. The van der Waals surface area contributed by atoms with Crippen LogP contribution in [0.3, 0.4) is 0 Å². The summed E-state index contributed by atoms with van der Waals surface area (Å²) < 4.78 is 29.0. The molecule has 0 amide bonds. The smallest absolute Gasteiger partial charge is 0.224 e. The summed E-state index contributed by atoms with van der Waals surface area (Å²) in [7, 11) is 4.33. The number of ketones is 1. The Labute approximate surface area is 144 Å². The van der Waals surface area contributed by atoms with Crippen molar-refractivity contribution in [2.24, 2.45) is 0 Å². The maximum absolute atomic E-state index is 13.4. The van der Waals surface area contributed by atoms with Gasteiger partial charge in [-0.3, -0.25) is 4.79 Å². The Morgan fingerprint density at radius 1 is 1.17 bits per heavy atom. The van der Waals surface area contributed by atoms with Crippen LogP contribution in [-0.4, -0.2) is 32.1 Å². The molecule has 0 aliphatic heterocycles. The van der Waals surface area contributed by atoms with Crippen molar-refractivity contribution in [3.63, 3.8) is 0 Å². The molecule has 0 unspecified atom stereocenters. The normalized spacial score (nSPS) is 10.4. The Hall–Kier alpha value is -2.34. The number of methoxy groups -OCH3 is 3. The number of halogens is 2. The van der Waals surface area contributed by atoms with E-state index >= 15 is 0 Å². The van der Waals surface area contributed by atoms with E-state index in [0.29, 0.717) is 22.6 Å². The number of ether oxygens (including phenoxy) is 3. The van der Waals surface area contributed by atoms with Crippen molar-refractivity contribution >= 4 is 17.4 Å². The fraction of sp³-hybridized carbons (Fsp3) is 0.294. The lowest BCUT2D eigenvalue weighted by Crippen LogP contribution is -2.11. The lowest BCUT2D eigenvalue weighted by atomic mass is 9.96. The summed E-state index contributed by atoms with van der Waals surface area (Å²) in [4.78, 5) is 17.0. The van der Waals surface area contributed by atoms with Crippen LogP contribution in [0.4, 0.5) is 4.39 Å². The molecule has 1 aromatic heterocycles. The van der Waals surface area contributed by atoms with Crippen LogP contribution >= 0.6 is 11.6 Å². The minimum Gasteiger partial charge on any atom is -0.493 e. The molecule has 0 saturated carbocycles. The van der Waals surface area contributed by atoms with Crippen molar-refractivity contribution in [1.82, 2.24) is 4.98 Å². The Bertz CT molecular complexity index is 780. The first-order valence-electron chi connectivity index (χ1n) is 7.03. The number of rotatable bonds is 6. The molecule has 0 aliphatic carbocycles. The third-order valence-electron chi connectivity index (χ3n) is 3.63. The third kappa shape index (κ3) is 3.14. The van der Waals surface area contributed by atoms with Gasteiger partial charge in [-0.1, -0.05) is 11.6 Å². The van der Waals surface area contributed by atoms with Gasteiger partial charge in [0.15, 0.2) is 17.3 Å². The van der Waals surface area contributed by atoms with Crippen LogP contribution in [0.1, 0.15) is 27.0 Å². The molecule has 2 aromatic rings. The summed E-state index contributed by atoms with van der Waals surface area (Å²) in [6.07, 6.45) is 1.26. The van der Waals surface area contributed by atoms with Gasteiger partial charge in [0.2, 0.25) is 5.88 Å². The van der Waals surface area contributed by atoms with Crippen LogP contribution in [0, 0.1) is 6.92 Å². The highest BCUT2D eigenvalue weighted by Crippen LogP contribution is 2.34. The number of hydrogen-bond donors (Lipinski definition) is 0. The average molecular weight is 354 g/mol. The molecule has 0 bridgehead atoms. The second kappa shape index (κ2) is 7.49. The standard InChI is InChI=1S/C17H17ClFNO4/c1-9-5-13(22-2)14(23-3)6-10(9)16(21)15-11(7-19)12(18)8-20-17(15)24-4/h5-6,8H,7H2,1-4H3. The Kier molecular flexibility index (Phi) is 5.62. The molecule has 0 spiro atoms. The molecule has 7 heteroatoms. The highest BCUT2D eigenvalue weighted by Gasteiger charge is 2.25. The molecular weight excluding hydrogens is 337 g/mol. The van der Waals surface area contributed by atoms with Crippen molar-refractivity contribution in [2.75, 3.05) is 21.3 Å². The average Bonchev–Trinajstić information content (AvgIpc) is 2.60. The number of hydrogen-bond acceptors (Lipinski definition) is 5. The van der Waals surface area contributed by atoms with Crippen LogP contribution in [0.15, 0.2) is 18.3 Å². The van der Waals surface area contributed by atoms with Gasteiger partial charge >= 0.3 is 0 Å². The van der Waals surface area contributed by atoms with E-state index in [-0.39, 0.29) is 22.0 Å². The van der Waals surface area contributed by atoms with E-state index in [1.807, 2.05) is 0 Å². The maximum atomic E-state index is 13.4. The summed E-state index contributed by atoms with van der Waals surface area (Å²) in [5.74, 6) is 0.454. The van der Waals surface area contributed by atoms with Crippen molar-refractivity contribution in [3.05, 3.63) is 45.6 Å². The summed E-state index contributed by atoms with van der Waals surface area (Å²) in [5, 5.41) is 0.0692. The number of carbonyl (C=O) groups is 1. The summed E-state index contributed by atoms with van der Waals surface area (Å²) in [5.41, 5.74) is 1.01. The van der Waals surface area contributed by atoms with Crippen LogP contribution in [0.2, 0.25) is 5.02 Å². The van der Waals surface area contributed by atoms with Gasteiger partial charge < -0.3 is 14.2 Å². The minimum atomic E-state index is -0.912. The second-order valence-corrected chi connectivity index (χ2v) is 5.36. The van der Waals surface area contributed by atoms with Crippen LogP contribution in [0.5, 0.6) is 17.4 Å². The minimum absolute atomic E-state index is 0.00261. The number of carbonyl (C=O) groups excluding carboxylic acids is 1. The fourth-order valence-electron chi connectivity index (χ4n) is 2.39. The van der Waals surface area contributed by atoms with Crippen molar-refractivity contribution < 1.29 is 23.4 Å². The first-order valence-corrected chi connectivity index (χ1v) is 7.40. The van der Waals surface area contributed by atoms with Crippen molar-refractivity contribution in [1.29, 1.82) is 0 Å². The molecule has 2 rings (SSSR count). The molecule has 0 aliphatic rings. The van der Waals surface area contributed by atoms with Gasteiger partial charge in [0.25, 0.3) is 0 Å². The van der Waals surface area contributed by atoms with E-state index < -0.39 is 12.5 Å². The molecule has 0 N–H and O–H groups in total. The van der Waals surface area contributed by atoms with Crippen LogP contribution in [0.25, 0.3) is 0 Å².